The summed E-state index contributed by atoms with van der Waals surface area (Å²) in [4.78, 5) is 34.9. The standard InChI is InChI=1S/C20H14FN3O4/c21-15-7-9-16(10-8-15)22-19(25)13-3-1-5-17(11-13)23-20(26)14-4-2-6-18(12-14)24(27)28/h1-12H,(H,22,25)(H,23,26). The van der Waals surface area contributed by atoms with E-state index in [2.05, 4.69) is 10.6 Å². The summed E-state index contributed by atoms with van der Waals surface area (Å²) in [6.07, 6.45) is 0. The number of halogens is 1. The number of rotatable bonds is 5. The Morgan fingerprint density at radius 2 is 1.36 bits per heavy atom. The Hall–Kier alpha value is -4.07. The van der Waals surface area contributed by atoms with Crippen LogP contribution in [-0.4, -0.2) is 16.7 Å². The molecular weight excluding hydrogens is 365 g/mol. The van der Waals surface area contributed by atoms with E-state index in [0.29, 0.717) is 11.4 Å². The average Bonchev–Trinajstić information content (AvgIpc) is 2.70. The number of anilines is 2. The number of non-ortho nitro benzene ring substituents is 1. The van der Waals surface area contributed by atoms with Gasteiger partial charge in [-0.15, -0.1) is 0 Å². The van der Waals surface area contributed by atoms with Crippen LogP contribution < -0.4 is 10.6 Å². The third kappa shape index (κ3) is 4.55. The highest BCUT2D eigenvalue weighted by atomic mass is 19.1. The molecule has 0 bridgehead atoms. The second kappa shape index (κ2) is 8.09. The topological polar surface area (TPSA) is 101 Å². The summed E-state index contributed by atoms with van der Waals surface area (Å²) in [6.45, 7) is 0. The first-order valence-corrected chi connectivity index (χ1v) is 8.15. The van der Waals surface area contributed by atoms with Gasteiger partial charge in [-0.2, -0.15) is 0 Å². The molecule has 0 radical (unpaired) electrons. The molecule has 0 spiro atoms. The van der Waals surface area contributed by atoms with E-state index < -0.39 is 22.6 Å². The number of hydrogen-bond acceptors (Lipinski definition) is 4. The van der Waals surface area contributed by atoms with Crippen LogP contribution in [0, 0.1) is 15.9 Å². The van der Waals surface area contributed by atoms with Gasteiger partial charge in [0.1, 0.15) is 5.82 Å². The normalized spacial score (nSPS) is 10.2. The molecule has 3 aromatic rings. The molecule has 0 fully saturated rings. The molecule has 3 rings (SSSR count). The summed E-state index contributed by atoms with van der Waals surface area (Å²) in [5.74, 6) is -1.39. The smallest absolute Gasteiger partial charge is 0.270 e. The lowest BCUT2D eigenvalue weighted by Crippen LogP contribution is -2.14. The van der Waals surface area contributed by atoms with E-state index in [9.17, 15) is 24.1 Å². The van der Waals surface area contributed by atoms with Crippen LogP contribution >= 0.6 is 0 Å². The maximum atomic E-state index is 12.9. The monoisotopic (exact) mass is 379 g/mol. The number of nitrogens with zero attached hydrogens (tertiary/aromatic N) is 1. The molecule has 0 heterocycles. The average molecular weight is 379 g/mol. The third-order valence-electron chi connectivity index (χ3n) is 3.80. The lowest BCUT2D eigenvalue weighted by atomic mass is 10.1. The van der Waals surface area contributed by atoms with Crippen molar-refractivity contribution in [1.82, 2.24) is 0 Å². The van der Waals surface area contributed by atoms with Crippen LogP contribution in [0.1, 0.15) is 20.7 Å². The summed E-state index contributed by atoms with van der Waals surface area (Å²) in [7, 11) is 0. The van der Waals surface area contributed by atoms with Gasteiger partial charge in [-0.1, -0.05) is 12.1 Å². The fourth-order valence-electron chi connectivity index (χ4n) is 2.44. The van der Waals surface area contributed by atoms with Crippen molar-refractivity contribution < 1.29 is 18.9 Å². The molecule has 0 aliphatic heterocycles. The molecule has 0 aliphatic rings. The fourth-order valence-corrected chi connectivity index (χ4v) is 2.44. The molecule has 3 aromatic carbocycles. The first-order chi connectivity index (χ1) is 13.4. The van der Waals surface area contributed by atoms with Gasteiger partial charge in [0.2, 0.25) is 0 Å². The molecule has 0 unspecified atom stereocenters. The fraction of sp³-hybridized carbons (Fsp3) is 0. The summed E-state index contributed by atoms with van der Waals surface area (Å²) >= 11 is 0. The van der Waals surface area contributed by atoms with Gasteiger partial charge < -0.3 is 10.6 Å². The molecule has 0 atom stereocenters. The van der Waals surface area contributed by atoms with E-state index in [4.69, 9.17) is 0 Å². The predicted octanol–water partition coefficient (Wildman–Crippen LogP) is 4.24. The van der Waals surface area contributed by atoms with Crippen LogP contribution in [0.2, 0.25) is 0 Å². The number of benzene rings is 3. The molecular formula is C20H14FN3O4. The highest BCUT2D eigenvalue weighted by molar-refractivity contribution is 6.07. The largest absolute Gasteiger partial charge is 0.322 e. The van der Waals surface area contributed by atoms with Crippen LogP contribution in [0.3, 0.4) is 0 Å². The maximum Gasteiger partial charge on any atom is 0.270 e. The summed E-state index contributed by atoms with van der Waals surface area (Å²) in [5.41, 5.74) is 0.984. The Kier molecular flexibility index (Phi) is 5.40. The van der Waals surface area contributed by atoms with Gasteiger partial charge in [-0.05, 0) is 48.5 Å². The number of hydrogen-bond donors (Lipinski definition) is 2. The quantitative estimate of drug-likeness (QED) is 0.511. The predicted molar refractivity (Wildman–Crippen MR) is 102 cm³/mol. The molecule has 0 saturated carbocycles. The van der Waals surface area contributed by atoms with Crippen LogP contribution in [0.15, 0.2) is 72.8 Å². The number of nitrogens with one attached hydrogen (secondary N) is 2. The van der Waals surface area contributed by atoms with Crippen molar-refractivity contribution in [1.29, 1.82) is 0 Å². The van der Waals surface area contributed by atoms with E-state index in [1.165, 1.54) is 54.6 Å². The van der Waals surface area contributed by atoms with Gasteiger partial charge in [0.25, 0.3) is 17.5 Å². The highest BCUT2D eigenvalue weighted by Gasteiger charge is 2.13. The van der Waals surface area contributed by atoms with Crippen molar-refractivity contribution in [3.05, 3.63) is 99.9 Å². The number of amides is 2. The second-order valence-electron chi connectivity index (χ2n) is 5.80. The van der Waals surface area contributed by atoms with Crippen molar-refractivity contribution >= 4 is 28.9 Å². The van der Waals surface area contributed by atoms with Gasteiger partial charge in [0.15, 0.2) is 0 Å². The van der Waals surface area contributed by atoms with Crippen molar-refractivity contribution in [3.63, 3.8) is 0 Å². The van der Waals surface area contributed by atoms with Gasteiger partial charge >= 0.3 is 0 Å². The highest BCUT2D eigenvalue weighted by Crippen LogP contribution is 2.17. The first kappa shape index (κ1) is 18.7. The van der Waals surface area contributed by atoms with Gasteiger partial charge in [-0.3, -0.25) is 19.7 Å². The minimum atomic E-state index is -0.586. The number of carbonyl (C=O) groups excluding carboxylic acids is 2. The third-order valence-corrected chi connectivity index (χ3v) is 3.80. The SMILES string of the molecule is O=C(Nc1ccc(F)cc1)c1cccc(NC(=O)c2cccc([N+](=O)[O-])c2)c1. The van der Waals surface area contributed by atoms with Crippen molar-refractivity contribution in [3.8, 4) is 0 Å². The second-order valence-corrected chi connectivity index (χ2v) is 5.80. The van der Waals surface area contributed by atoms with Crippen molar-refractivity contribution in [2.75, 3.05) is 10.6 Å². The van der Waals surface area contributed by atoms with E-state index in [0.717, 1.165) is 0 Å². The van der Waals surface area contributed by atoms with E-state index in [1.807, 2.05) is 0 Å². The van der Waals surface area contributed by atoms with Crippen LogP contribution in [0.25, 0.3) is 0 Å². The first-order valence-electron chi connectivity index (χ1n) is 8.15. The number of carbonyl (C=O) groups is 2. The minimum absolute atomic E-state index is 0.121. The Morgan fingerprint density at radius 1 is 0.786 bits per heavy atom. The van der Waals surface area contributed by atoms with Gasteiger partial charge in [0.05, 0.1) is 4.92 Å². The van der Waals surface area contributed by atoms with E-state index in [-0.39, 0.29) is 16.8 Å². The van der Waals surface area contributed by atoms with Crippen LogP contribution in [0.4, 0.5) is 21.5 Å². The summed E-state index contributed by atoms with van der Waals surface area (Å²) < 4.78 is 12.9. The molecule has 0 aliphatic carbocycles. The zero-order valence-corrected chi connectivity index (χ0v) is 14.4. The van der Waals surface area contributed by atoms with E-state index in [1.54, 1.807) is 18.2 Å². The Morgan fingerprint density at radius 3 is 2.00 bits per heavy atom. The Bertz CT molecular complexity index is 1050. The Balaban J connectivity index is 1.73. The molecule has 28 heavy (non-hydrogen) atoms. The molecule has 0 aromatic heterocycles. The zero-order chi connectivity index (χ0) is 20.1. The number of nitro groups is 1. The lowest BCUT2D eigenvalue weighted by Gasteiger charge is -2.09. The molecule has 0 saturated heterocycles. The Labute approximate surface area is 159 Å². The molecule has 8 heteroatoms. The van der Waals surface area contributed by atoms with Crippen molar-refractivity contribution in [2.24, 2.45) is 0 Å². The van der Waals surface area contributed by atoms with E-state index >= 15 is 0 Å². The number of nitro benzene ring substituents is 1. The van der Waals surface area contributed by atoms with Gasteiger partial charge in [-0.25, -0.2) is 4.39 Å². The summed E-state index contributed by atoms with van der Waals surface area (Å²) in [5, 5.41) is 16.1. The maximum absolute atomic E-state index is 12.9. The zero-order valence-electron chi connectivity index (χ0n) is 14.4. The summed E-state index contributed by atoms with van der Waals surface area (Å²) in [6, 6.07) is 16.8. The minimum Gasteiger partial charge on any atom is -0.322 e. The van der Waals surface area contributed by atoms with Crippen LogP contribution in [0.5, 0.6) is 0 Å². The van der Waals surface area contributed by atoms with Gasteiger partial charge in [0, 0.05) is 34.6 Å². The van der Waals surface area contributed by atoms with Crippen molar-refractivity contribution in [2.45, 2.75) is 0 Å². The molecule has 2 amide bonds. The molecule has 2 N–H and O–H groups in total. The molecule has 7 nitrogen and oxygen atoms in total. The molecule has 140 valence electrons. The lowest BCUT2D eigenvalue weighted by molar-refractivity contribution is -0.384. The van der Waals surface area contributed by atoms with Crippen LogP contribution in [-0.2, 0) is 0 Å².